The van der Waals surface area contributed by atoms with Gasteiger partial charge in [0.15, 0.2) is 5.76 Å². The number of ether oxygens (including phenoxy) is 1. The first-order valence-corrected chi connectivity index (χ1v) is 16.2. The van der Waals surface area contributed by atoms with Gasteiger partial charge in [0.05, 0.1) is 20.7 Å². The summed E-state index contributed by atoms with van der Waals surface area (Å²) in [6.07, 6.45) is 5.23. The van der Waals surface area contributed by atoms with Crippen LogP contribution in [-0.4, -0.2) is 42.4 Å². The van der Waals surface area contributed by atoms with E-state index >= 15 is 0 Å². The average molecular weight is 652 g/mol. The molecule has 1 aromatic heterocycles. The first-order chi connectivity index (χ1) is 20.9. The van der Waals surface area contributed by atoms with Gasteiger partial charge in [-0.1, -0.05) is 79.3 Å². The van der Waals surface area contributed by atoms with Gasteiger partial charge in [-0.15, -0.1) is 12.4 Å². The van der Waals surface area contributed by atoms with Crippen LogP contribution in [-0.2, 0) is 32.7 Å². The monoisotopic (exact) mass is 650 g/mol. The topological polar surface area (TPSA) is 114 Å². The van der Waals surface area contributed by atoms with Crippen molar-refractivity contribution in [3.8, 4) is 11.1 Å². The number of nitrogens with one attached hydrogen (secondary N) is 1. The smallest absolute Gasteiger partial charge is 0.263 e. The van der Waals surface area contributed by atoms with Crippen molar-refractivity contribution >= 4 is 51.6 Å². The molecule has 1 N–H and O–H groups in total. The number of nitrogens with zero attached hydrogens (tertiary/aromatic N) is 3. The Kier molecular flexibility index (Phi) is 9.67. The zero-order valence-corrected chi connectivity index (χ0v) is 26.9. The lowest BCUT2D eigenvalue weighted by atomic mass is 9.96. The minimum absolute atomic E-state index is 0. The highest BCUT2D eigenvalue weighted by Crippen LogP contribution is 2.40. The van der Waals surface area contributed by atoms with E-state index in [1.165, 1.54) is 11.0 Å². The number of hydrogen-bond donors (Lipinski definition) is 1. The molecule has 232 valence electrons. The van der Waals surface area contributed by atoms with E-state index in [1.807, 2.05) is 6.92 Å². The summed E-state index contributed by atoms with van der Waals surface area (Å²) in [5, 5.41) is 3.78. The molecular formula is C31H38Cl2N4O5S. The first kappa shape index (κ1) is 30.1. The molecule has 43 heavy (non-hydrogen) atoms. The lowest BCUT2D eigenvalue weighted by Crippen LogP contribution is -2.40. The van der Waals surface area contributed by atoms with Gasteiger partial charge in [0, 0.05) is 18.6 Å². The summed E-state index contributed by atoms with van der Waals surface area (Å²) in [4.78, 5) is 19.9. The number of aromatic nitrogens is 1. The van der Waals surface area contributed by atoms with Gasteiger partial charge >= 0.3 is 0 Å². The summed E-state index contributed by atoms with van der Waals surface area (Å²) in [5.41, 5.74) is 0.870. The van der Waals surface area contributed by atoms with E-state index in [9.17, 15) is 16.0 Å². The van der Waals surface area contributed by atoms with Gasteiger partial charge in [-0.2, -0.15) is 0 Å². The van der Waals surface area contributed by atoms with Crippen LogP contribution >= 0.6 is 24.0 Å². The zero-order valence-electron chi connectivity index (χ0n) is 26.5. The van der Waals surface area contributed by atoms with Crippen LogP contribution in [0.2, 0.25) is 5.02 Å². The molecule has 1 amide bonds. The normalized spacial score (nSPS) is 17.1. The number of halogens is 2. The van der Waals surface area contributed by atoms with E-state index < -0.39 is 22.1 Å². The third-order valence-electron chi connectivity index (χ3n) is 7.68. The molecule has 12 heteroatoms. The minimum Gasteiger partial charge on any atom is -0.377 e. The largest absolute Gasteiger partial charge is 0.377 e. The Balaban J connectivity index is 0.00000461. The Morgan fingerprint density at radius 1 is 1.16 bits per heavy atom. The van der Waals surface area contributed by atoms with Crippen molar-refractivity contribution in [3.63, 3.8) is 0 Å². The van der Waals surface area contributed by atoms with Gasteiger partial charge in [-0.25, -0.2) is 8.42 Å². The number of hydrogen-bond acceptors (Lipinski definition) is 7. The van der Waals surface area contributed by atoms with Gasteiger partial charge in [0.25, 0.3) is 15.9 Å². The standard InChI is InChI=1S/C31H37ClN4O5S.ClH/c1-4-6-13-27-33-31(16-9-10-17-31)30(37)36(27)19-22-14-15-24(23(18-22)20-40-5-2)25-11-7-8-12-26(25)42(38,39)35-29-28(32)21(3)41-34-29;/h7-8,11-12,14-15,18H,4-6,9-10,13,16-17,19-20H2,1-3H3,(H,34,35);1H/i19D2;. The fraction of sp³-hybridized carbons (Fsp3) is 0.452. The van der Waals surface area contributed by atoms with Crippen LogP contribution < -0.4 is 4.72 Å². The number of benzene rings is 2. The maximum Gasteiger partial charge on any atom is 0.263 e. The molecule has 9 nitrogen and oxygen atoms in total. The van der Waals surface area contributed by atoms with Crippen molar-refractivity contribution in [2.75, 3.05) is 11.3 Å². The minimum atomic E-state index is -4.17. The number of carbonyl (C=O) groups is 1. The number of rotatable bonds is 12. The van der Waals surface area contributed by atoms with E-state index in [2.05, 4.69) is 16.8 Å². The second-order valence-electron chi connectivity index (χ2n) is 10.6. The number of amides is 1. The van der Waals surface area contributed by atoms with Gasteiger partial charge in [0.1, 0.15) is 16.4 Å². The molecule has 1 aliphatic carbocycles. The van der Waals surface area contributed by atoms with E-state index in [-0.39, 0.29) is 52.0 Å². The predicted molar refractivity (Wildman–Crippen MR) is 170 cm³/mol. The summed E-state index contributed by atoms with van der Waals surface area (Å²) >= 11 is 6.17. The molecule has 3 aromatic rings. The third kappa shape index (κ3) is 6.77. The summed E-state index contributed by atoms with van der Waals surface area (Å²) in [6.45, 7) is 3.77. The summed E-state index contributed by atoms with van der Waals surface area (Å²) in [6, 6.07) is 11.4. The number of amidine groups is 1. The fourth-order valence-corrected chi connectivity index (χ4v) is 6.89. The Hall–Kier alpha value is -2.92. The number of aliphatic imine (C=N–C) groups is 1. The Bertz CT molecular complexity index is 1690. The van der Waals surface area contributed by atoms with Gasteiger partial charge < -0.3 is 9.26 Å². The van der Waals surface area contributed by atoms with Crippen LogP contribution in [0.4, 0.5) is 5.82 Å². The molecule has 1 spiro atoms. The van der Waals surface area contributed by atoms with Crippen LogP contribution in [0.3, 0.4) is 0 Å². The SMILES string of the molecule is Cl.[2H]C([2H])(c1ccc(-c2ccccc2S(=O)(=O)Nc2noc(C)c2Cl)c(COCC)c1)N1C(=O)C2(CCCC2)N=C1CCCC. The Morgan fingerprint density at radius 3 is 2.58 bits per heavy atom. The van der Waals surface area contributed by atoms with E-state index in [0.717, 1.165) is 25.7 Å². The van der Waals surface area contributed by atoms with Crippen LogP contribution in [0, 0.1) is 6.92 Å². The van der Waals surface area contributed by atoms with Crippen LogP contribution in [0.25, 0.3) is 11.1 Å². The van der Waals surface area contributed by atoms with Crippen LogP contribution in [0.1, 0.15) is 78.4 Å². The third-order valence-corrected chi connectivity index (χ3v) is 9.53. The maximum atomic E-state index is 13.9. The molecule has 1 saturated carbocycles. The lowest BCUT2D eigenvalue weighted by Gasteiger charge is -2.23. The summed E-state index contributed by atoms with van der Waals surface area (Å²) in [5.74, 6) is 0.363. The molecule has 5 rings (SSSR count). The number of anilines is 1. The van der Waals surface area contributed by atoms with Gasteiger partial charge in [-0.05, 0) is 55.9 Å². The van der Waals surface area contributed by atoms with Crippen LogP contribution in [0.15, 0.2) is 56.9 Å². The molecule has 2 heterocycles. The molecule has 2 aliphatic rings. The Morgan fingerprint density at radius 2 is 1.91 bits per heavy atom. The van der Waals surface area contributed by atoms with Crippen molar-refractivity contribution < 1.29 is 25.2 Å². The second kappa shape index (κ2) is 13.8. The molecule has 0 unspecified atom stereocenters. The highest BCUT2D eigenvalue weighted by molar-refractivity contribution is 7.92. The van der Waals surface area contributed by atoms with Crippen molar-refractivity contribution in [1.29, 1.82) is 0 Å². The number of carbonyl (C=O) groups excluding carboxylic acids is 1. The Labute approximate surface area is 267 Å². The van der Waals surface area contributed by atoms with Crippen LogP contribution in [0.5, 0.6) is 0 Å². The van der Waals surface area contributed by atoms with Gasteiger partial charge in [0.2, 0.25) is 5.82 Å². The molecule has 2 aromatic carbocycles. The number of unbranched alkanes of at least 4 members (excludes halogenated alkanes) is 1. The predicted octanol–water partition coefficient (Wildman–Crippen LogP) is 7.31. The lowest BCUT2D eigenvalue weighted by molar-refractivity contribution is -0.131. The van der Waals surface area contributed by atoms with Crippen molar-refractivity contribution in [2.24, 2.45) is 4.99 Å². The molecular weight excluding hydrogens is 611 g/mol. The van der Waals surface area contributed by atoms with E-state index in [1.54, 1.807) is 43.3 Å². The van der Waals surface area contributed by atoms with Crippen molar-refractivity contribution in [2.45, 2.75) is 89.3 Å². The first-order valence-electron chi connectivity index (χ1n) is 15.3. The maximum absolute atomic E-state index is 13.9. The molecule has 1 fully saturated rings. The molecule has 1 aliphatic heterocycles. The highest BCUT2D eigenvalue weighted by atomic mass is 35.5. The fourth-order valence-electron chi connectivity index (χ4n) is 5.49. The summed E-state index contributed by atoms with van der Waals surface area (Å²) < 4.78 is 58.8. The van der Waals surface area contributed by atoms with Gasteiger partial charge in [-0.3, -0.25) is 19.4 Å². The highest BCUT2D eigenvalue weighted by Gasteiger charge is 2.49. The molecule has 0 radical (unpaired) electrons. The average Bonchev–Trinajstić information content (AvgIpc) is 3.69. The second-order valence-corrected chi connectivity index (χ2v) is 12.7. The van der Waals surface area contributed by atoms with Crippen molar-refractivity contribution in [1.82, 2.24) is 10.1 Å². The zero-order chi connectivity index (χ0) is 31.7. The number of aryl methyl sites for hydroxylation is 1. The number of sulfonamides is 1. The molecule has 0 atom stereocenters. The summed E-state index contributed by atoms with van der Waals surface area (Å²) in [7, 11) is -4.17. The van der Waals surface area contributed by atoms with E-state index in [4.69, 9.17) is 25.9 Å². The van der Waals surface area contributed by atoms with Crippen molar-refractivity contribution in [3.05, 3.63) is 64.4 Å². The quantitative estimate of drug-likeness (QED) is 0.220. The molecule has 0 bridgehead atoms. The van der Waals surface area contributed by atoms with E-state index in [0.29, 0.717) is 48.4 Å². The molecule has 0 saturated heterocycles.